The minimum Gasteiger partial charge on any atom is -0.496 e. The highest BCUT2D eigenvalue weighted by Crippen LogP contribution is 2.40. The Kier molecular flexibility index (Phi) is 4.77. The zero-order valence-corrected chi connectivity index (χ0v) is 13.7. The molecule has 1 nitrogen and oxygen atoms in total. The molecular formula is C15H13BrCl2O. The van der Waals surface area contributed by atoms with Crippen molar-refractivity contribution in [3.05, 3.63) is 63.1 Å². The van der Waals surface area contributed by atoms with Gasteiger partial charge >= 0.3 is 0 Å². The summed E-state index contributed by atoms with van der Waals surface area (Å²) in [4.78, 5) is -0.0351. The average Bonchev–Trinajstić information content (AvgIpc) is 2.38. The minimum atomic E-state index is -0.0351. The number of alkyl halides is 1. The molecule has 2 aromatic rings. The Morgan fingerprint density at radius 3 is 2.42 bits per heavy atom. The van der Waals surface area contributed by atoms with Gasteiger partial charge < -0.3 is 4.74 Å². The summed E-state index contributed by atoms with van der Waals surface area (Å²) in [7, 11) is 1.66. The Balaban J connectivity index is 2.49. The van der Waals surface area contributed by atoms with Gasteiger partial charge in [-0.1, -0.05) is 62.9 Å². The lowest BCUT2D eigenvalue weighted by atomic mass is 10.0. The van der Waals surface area contributed by atoms with Crippen molar-refractivity contribution < 1.29 is 4.74 Å². The Bertz CT molecular complexity index is 599. The van der Waals surface area contributed by atoms with Crippen LogP contribution in [0.1, 0.15) is 21.5 Å². The van der Waals surface area contributed by atoms with E-state index in [-0.39, 0.29) is 4.83 Å². The van der Waals surface area contributed by atoms with Gasteiger partial charge in [0.15, 0.2) is 0 Å². The Hall–Kier alpha value is -0.700. The molecule has 0 spiro atoms. The first kappa shape index (κ1) is 14.7. The molecule has 0 aromatic heterocycles. The second kappa shape index (κ2) is 6.17. The zero-order valence-electron chi connectivity index (χ0n) is 10.6. The molecule has 2 aromatic carbocycles. The van der Waals surface area contributed by atoms with E-state index in [9.17, 15) is 0 Å². The zero-order chi connectivity index (χ0) is 14.0. The van der Waals surface area contributed by atoms with Crippen molar-refractivity contribution in [2.45, 2.75) is 11.8 Å². The lowest BCUT2D eigenvalue weighted by molar-refractivity contribution is 0.410. The number of hydrogen-bond donors (Lipinski definition) is 0. The summed E-state index contributed by atoms with van der Waals surface area (Å²) < 4.78 is 5.41. The molecule has 2 rings (SSSR count). The summed E-state index contributed by atoms with van der Waals surface area (Å²) >= 11 is 15.9. The predicted molar refractivity (Wildman–Crippen MR) is 85.0 cm³/mol. The number of methoxy groups -OCH3 is 1. The summed E-state index contributed by atoms with van der Waals surface area (Å²) in [5, 5.41) is 1.27. The molecule has 1 atom stereocenters. The molecule has 0 amide bonds. The average molecular weight is 360 g/mol. The molecule has 0 aliphatic rings. The van der Waals surface area contributed by atoms with E-state index in [0.29, 0.717) is 10.0 Å². The van der Waals surface area contributed by atoms with Crippen molar-refractivity contribution in [2.24, 2.45) is 0 Å². The maximum Gasteiger partial charge on any atom is 0.123 e. The Morgan fingerprint density at radius 1 is 1.05 bits per heavy atom. The molecule has 4 heteroatoms. The number of benzene rings is 2. The van der Waals surface area contributed by atoms with Gasteiger partial charge in [0.2, 0.25) is 0 Å². The molecule has 0 radical (unpaired) electrons. The van der Waals surface area contributed by atoms with Crippen molar-refractivity contribution in [1.29, 1.82) is 0 Å². The molecule has 0 N–H and O–H groups in total. The molecule has 0 aliphatic heterocycles. The standard InChI is InChI=1S/C15H13BrCl2O/c1-9-3-6-14(19-2)12(7-9)15(16)11-5-4-10(17)8-13(11)18/h3-8,15H,1-2H3. The molecular weight excluding hydrogens is 347 g/mol. The normalized spacial score (nSPS) is 12.3. The van der Waals surface area contributed by atoms with Crippen LogP contribution in [0.4, 0.5) is 0 Å². The highest BCUT2D eigenvalue weighted by atomic mass is 79.9. The van der Waals surface area contributed by atoms with Crippen LogP contribution in [0.25, 0.3) is 0 Å². The molecule has 0 saturated heterocycles. The van der Waals surface area contributed by atoms with Gasteiger partial charge in [-0.25, -0.2) is 0 Å². The van der Waals surface area contributed by atoms with Crippen LogP contribution in [0.3, 0.4) is 0 Å². The quantitative estimate of drug-likeness (QED) is 0.629. The molecule has 0 bridgehead atoms. The van der Waals surface area contributed by atoms with Crippen molar-refractivity contribution in [3.8, 4) is 5.75 Å². The van der Waals surface area contributed by atoms with E-state index in [1.807, 2.05) is 31.2 Å². The largest absolute Gasteiger partial charge is 0.496 e. The van der Waals surface area contributed by atoms with Gasteiger partial charge in [0, 0.05) is 15.6 Å². The van der Waals surface area contributed by atoms with E-state index >= 15 is 0 Å². The second-order valence-corrected chi connectivity index (χ2v) is 6.03. The lowest BCUT2D eigenvalue weighted by Crippen LogP contribution is -1.98. The second-order valence-electron chi connectivity index (χ2n) is 4.27. The van der Waals surface area contributed by atoms with Crippen LogP contribution < -0.4 is 4.74 Å². The number of aryl methyl sites for hydroxylation is 1. The predicted octanol–water partition coefficient (Wildman–Crippen LogP) is 5.79. The van der Waals surface area contributed by atoms with E-state index in [4.69, 9.17) is 27.9 Å². The SMILES string of the molecule is COc1ccc(C)cc1C(Br)c1ccc(Cl)cc1Cl. The Labute approximate surface area is 131 Å². The van der Waals surface area contributed by atoms with Gasteiger partial charge in [-0.3, -0.25) is 0 Å². The molecule has 1 unspecified atom stereocenters. The van der Waals surface area contributed by atoms with E-state index in [2.05, 4.69) is 22.0 Å². The highest BCUT2D eigenvalue weighted by molar-refractivity contribution is 9.09. The monoisotopic (exact) mass is 358 g/mol. The number of ether oxygens (including phenoxy) is 1. The van der Waals surface area contributed by atoms with Crippen molar-refractivity contribution >= 4 is 39.1 Å². The Morgan fingerprint density at radius 2 is 1.79 bits per heavy atom. The molecule has 0 saturated carbocycles. The third kappa shape index (κ3) is 3.25. The first-order valence-corrected chi connectivity index (χ1v) is 7.43. The number of rotatable bonds is 3. The van der Waals surface area contributed by atoms with Crippen LogP contribution in [0.5, 0.6) is 5.75 Å². The van der Waals surface area contributed by atoms with E-state index in [0.717, 1.165) is 16.9 Å². The highest BCUT2D eigenvalue weighted by Gasteiger charge is 2.18. The molecule has 19 heavy (non-hydrogen) atoms. The van der Waals surface area contributed by atoms with Gasteiger partial charge in [0.05, 0.1) is 11.9 Å². The first-order valence-electron chi connectivity index (χ1n) is 5.76. The summed E-state index contributed by atoms with van der Waals surface area (Å²) in [6.45, 7) is 2.05. The van der Waals surface area contributed by atoms with Gasteiger partial charge in [-0.2, -0.15) is 0 Å². The summed E-state index contributed by atoms with van der Waals surface area (Å²) in [5.74, 6) is 0.832. The van der Waals surface area contributed by atoms with Crippen LogP contribution in [0, 0.1) is 6.92 Å². The molecule has 0 heterocycles. The van der Waals surface area contributed by atoms with Crippen LogP contribution in [0.15, 0.2) is 36.4 Å². The topological polar surface area (TPSA) is 9.23 Å². The number of halogens is 3. The van der Waals surface area contributed by atoms with Crippen molar-refractivity contribution in [1.82, 2.24) is 0 Å². The lowest BCUT2D eigenvalue weighted by Gasteiger charge is -2.16. The molecule has 0 fully saturated rings. The maximum atomic E-state index is 6.25. The van der Waals surface area contributed by atoms with Crippen molar-refractivity contribution in [3.63, 3.8) is 0 Å². The van der Waals surface area contributed by atoms with Gasteiger partial charge in [-0.05, 0) is 30.7 Å². The first-order chi connectivity index (χ1) is 9.02. The smallest absolute Gasteiger partial charge is 0.123 e. The third-order valence-electron chi connectivity index (χ3n) is 2.89. The van der Waals surface area contributed by atoms with E-state index < -0.39 is 0 Å². The van der Waals surface area contributed by atoms with Crippen molar-refractivity contribution in [2.75, 3.05) is 7.11 Å². The van der Waals surface area contributed by atoms with Gasteiger partial charge in [0.25, 0.3) is 0 Å². The van der Waals surface area contributed by atoms with Crippen LogP contribution >= 0.6 is 39.1 Å². The fraction of sp³-hybridized carbons (Fsp3) is 0.200. The molecule has 0 aliphatic carbocycles. The molecule has 100 valence electrons. The fourth-order valence-electron chi connectivity index (χ4n) is 1.93. The van der Waals surface area contributed by atoms with Gasteiger partial charge in [-0.15, -0.1) is 0 Å². The van der Waals surface area contributed by atoms with Gasteiger partial charge in [0.1, 0.15) is 5.75 Å². The summed E-state index contributed by atoms with van der Waals surface area (Å²) in [5.41, 5.74) is 3.19. The van der Waals surface area contributed by atoms with E-state index in [1.165, 1.54) is 5.56 Å². The fourth-order valence-corrected chi connectivity index (χ4v) is 3.33. The van der Waals surface area contributed by atoms with Crippen LogP contribution in [-0.2, 0) is 0 Å². The summed E-state index contributed by atoms with van der Waals surface area (Å²) in [6.07, 6.45) is 0. The summed E-state index contributed by atoms with van der Waals surface area (Å²) in [6, 6.07) is 11.6. The number of hydrogen-bond acceptors (Lipinski definition) is 1. The van der Waals surface area contributed by atoms with Crippen LogP contribution in [-0.4, -0.2) is 7.11 Å². The van der Waals surface area contributed by atoms with Crippen LogP contribution in [0.2, 0.25) is 10.0 Å². The third-order valence-corrected chi connectivity index (χ3v) is 4.44. The maximum absolute atomic E-state index is 6.25. The van der Waals surface area contributed by atoms with E-state index in [1.54, 1.807) is 13.2 Å². The minimum absolute atomic E-state index is 0.0351.